The summed E-state index contributed by atoms with van der Waals surface area (Å²) in [7, 11) is 3.68. The van der Waals surface area contributed by atoms with Crippen molar-refractivity contribution in [1.82, 2.24) is 30.4 Å². The van der Waals surface area contributed by atoms with E-state index in [1.54, 1.807) is 48.8 Å². The first-order valence-electron chi connectivity index (χ1n) is 20.4. The van der Waals surface area contributed by atoms with Crippen LogP contribution in [-0.2, 0) is 9.59 Å². The predicted octanol–water partition coefficient (Wildman–Crippen LogP) is 3.64. The molecule has 16 heteroatoms. The minimum absolute atomic E-state index is 0.00871. The summed E-state index contributed by atoms with van der Waals surface area (Å²) in [5.74, 6) is 0.620. The molecule has 0 radical (unpaired) electrons. The number of piperidine rings is 2. The first-order valence-corrected chi connectivity index (χ1v) is 20.4. The molecule has 59 heavy (non-hydrogen) atoms. The smallest absolute Gasteiger partial charge is 0.271 e. The number of carbonyl (C=O) groups is 5. The van der Waals surface area contributed by atoms with E-state index in [1.807, 2.05) is 0 Å². The molecule has 1 unspecified atom stereocenters. The number of nitriles is 1. The van der Waals surface area contributed by atoms with Crippen molar-refractivity contribution in [2.75, 3.05) is 38.7 Å². The van der Waals surface area contributed by atoms with Crippen LogP contribution in [0, 0.1) is 17.2 Å². The van der Waals surface area contributed by atoms with Gasteiger partial charge in [0.05, 0.1) is 42.3 Å². The Bertz CT molecular complexity index is 2150. The maximum atomic E-state index is 13.2. The number of nitrogens with one attached hydrogen (secondary N) is 2. The number of fused-ring (bicyclic) bond motifs is 1. The van der Waals surface area contributed by atoms with E-state index < -0.39 is 29.7 Å². The lowest BCUT2D eigenvalue weighted by atomic mass is 9.86. The Balaban J connectivity index is 0.734. The number of hydrogen-bond donors (Lipinski definition) is 2. The molecule has 1 atom stereocenters. The van der Waals surface area contributed by atoms with Crippen LogP contribution >= 0.6 is 0 Å². The second kappa shape index (κ2) is 17.0. The minimum atomic E-state index is -1.00. The summed E-state index contributed by atoms with van der Waals surface area (Å²) in [5, 5.41) is 14.5. The molecule has 4 heterocycles. The summed E-state index contributed by atoms with van der Waals surface area (Å²) >= 11 is 0. The normalized spacial score (nSPS) is 24.5. The predicted molar refractivity (Wildman–Crippen MR) is 212 cm³/mol. The van der Waals surface area contributed by atoms with Crippen molar-refractivity contribution in [3.8, 4) is 23.3 Å². The van der Waals surface area contributed by atoms with Gasteiger partial charge < -0.3 is 29.3 Å². The molecule has 2 saturated carbocycles. The molecule has 3 aliphatic heterocycles. The fourth-order valence-corrected chi connectivity index (χ4v) is 8.83. The van der Waals surface area contributed by atoms with Gasteiger partial charge in [-0.3, -0.25) is 34.2 Å². The number of aromatic nitrogens is 2. The van der Waals surface area contributed by atoms with Gasteiger partial charge in [-0.25, -0.2) is 9.97 Å². The van der Waals surface area contributed by atoms with Gasteiger partial charge in [0.15, 0.2) is 0 Å². The highest BCUT2D eigenvalue weighted by Gasteiger charge is 2.45. The molecule has 16 nitrogen and oxygen atoms in total. The van der Waals surface area contributed by atoms with Gasteiger partial charge in [-0.05, 0) is 88.2 Å². The van der Waals surface area contributed by atoms with E-state index in [0.29, 0.717) is 40.5 Å². The van der Waals surface area contributed by atoms with Crippen LogP contribution in [0.2, 0.25) is 0 Å². The third-order valence-corrected chi connectivity index (χ3v) is 12.4. The van der Waals surface area contributed by atoms with Gasteiger partial charge in [-0.2, -0.15) is 5.26 Å². The monoisotopic (exact) mass is 804 g/mol. The van der Waals surface area contributed by atoms with Gasteiger partial charge in [0.25, 0.3) is 17.7 Å². The van der Waals surface area contributed by atoms with Crippen molar-refractivity contribution in [3.05, 3.63) is 71.2 Å². The summed E-state index contributed by atoms with van der Waals surface area (Å²) in [6.07, 6.45) is 10.3. The molecule has 5 aliphatic rings. The molecule has 2 aromatic carbocycles. The van der Waals surface area contributed by atoms with Crippen molar-refractivity contribution in [2.24, 2.45) is 5.92 Å². The minimum Gasteiger partial charge on any atom is -0.495 e. The molecule has 4 fully saturated rings. The quantitative estimate of drug-likeness (QED) is 0.252. The Morgan fingerprint density at radius 2 is 1.61 bits per heavy atom. The van der Waals surface area contributed by atoms with Crippen molar-refractivity contribution >= 4 is 35.4 Å². The summed E-state index contributed by atoms with van der Waals surface area (Å²) in [6.45, 7) is 2.69. The summed E-state index contributed by atoms with van der Waals surface area (Å²) in [5.41, 5.74) is 1.21. The van der Waals surface area contributed by atoms with Crippen LogP contribution in [0.1, 0.15) is 101 Å². The Labute approximate surface area is 342 Å². The number of carbonyl (C=O) groups excluding carboxylic acids is 5. The molecule has 8 rings (SSSR count). The standard InChI is InChI=1S/C43H48N8O8/c1-49(28-17-32(18-28)59-30-9-10-33-34(19-30)43(56)51(42(33)55)36-11-12-39(52)48-41(36)54)24-25-13-15-50(16-14-25)38-23-45-35(22-46-38)40(53)47-27-4-7-29(8-5-27)58-31-6-3-26(21-44)37(20-31)57-2/h3,6,9-10,19-20,22-23,25,27-29,32,36H,4-5,7-8,11-18,24H2,1-2H3,(H,47,53)(H,48,52,54). The number of amides is 5. The van der Waals surface area contributed by atoms with Crippen molar-refractivity contribution < 1.29 is 38.2 Å². The van der Waals surface area contributed by atoms with Crippen molar-refractivity contribution in [3.63, 3.8) is 0 Å². The van der Waals surface area contributed by atoms with E-state index in [4.69, 9.17) is 14.2 Å². The number of hydrogen-bond acceptors (Lipinski definition) is 13. The molecule has 0 spiro atoms. The summed E-state index contributed by atoms with van der Waals surface area (Å²) < 4.78 is 17.6. The number of benzene rings is 2. The first-order chi connectivity index (χ1) is 28.6. The van der Waals surface area contributed by atoms with Crippen LogP contribution in [-0.4, -0.2) is 113 Å². The van der Waals surface area contributed by atoms with E-state index in [-0.39, 0.29) is 48.1 Å². The first kappa shape index (κ1) is 39.7. The summed E-state index contributed by atoms with van der Waals surface area (Å²) in [4.78, 5) is 77.9. The van der Waals surface area contributed by atoms with E-state index in [0.717, 1.165) is 81.7 Å². The lowest BCUT2D eigenvalue weighted by Gasteiger charge is -2.43. The highest BCUT2D eigenvalue weighted by molar-refractivity contribution is 6.23. The Morgan fingerprint density at radius 1 is 0.898 bits per heavy atom. The highest BCUT2D eigenvalue weighted by Crippen LogP contribution is 2.35. The van der Waals surface area contributed by atoms with Crippen LogP contribution in [0.15, 0.2) is 48.8 Å². The van der Waals surface area contributed by atoms with Gasteiger partial charge in [-0.1, -0.05) is 0 Å². The Morgan fingerprint density at radius 3 is 2.31 bits per heavy atom. The molecular weight excluding hydrogens is 757 g/mol. The molecule has 0 bridgehead atoms. The van der Waals surface area contributed by atoms with Crippen LogP contribution in [0.5, 0.6) is 17.2 Å². The largest absolute Gasteiger partial charge is 0.495 e. The van der Waals surface area contributed by atoms with E-state index in [9.17, 15) is 29.2 Å². The molecule has 2 N–H and O–H groups in total. The van der Waals surface area contributed by atoms with E-state index in [1.165, 1.54) is 7.11 Å². The lowest BCUT2D eigenvalue weighted by molar-refractivity contribution is -0.136. The van der Waals surface area contributed by atoms with Crippen LogP contribution < -0.4 is 29.7 Å². The molecule has 2 aliphatic carbocycles. The van der Waals surface area contributed by atoms with Gasteiger partial charge in [0.2, 0.25) is 11.8 Å². The second-order valence-electron chi connectivity index (χ2n) is 16.2. The number of methoxy groups -OCH3 is 1. The molecular formula is C43H48N8O8. The lowest BCUT2D eigenvalue weighted by Crippen LogP contribution is -2.54. The molecule has 1 aromatic heterocycles. The number of rotatable bonds is 12. The van der Waals surface area contributed by atoms with Crippen LogP contribution in [0.25, 0.3) is 0 Å². The van der Waals surface area contributed by atoms with Gasteiger partial charge in [0.1, 0.15) is 47.0 Å². The van der Waals surface area contributed by atoms with Crippen molar-refractivity contribution in [2.45, 2.75) is 94.5 Å². The van der Waals surface area contributed by atoms with E-state index in [2.05, 4.69) is 43.5 Å². The van der Waals surface area contributed by atoms with Gasteiger partial charge >= 0.3 is 0 Å². The Kier molecular flexibility index (Phi) is 11.5. The maximum absolute atomic E-state index is 13.2. The topological polar surface area (TPSA) is 196 Å². The SMILES string of the molecule is COc1cc(OC2CCC(NC(=O)c3cnc(N4CCC(CN(C)C5CC(Oc6ccc7c(c6)C(=O)N(C6CCC(=O)NC6=O)C7=O)C5)CC4)cn3)CC2)ccc1C#N. The molecule has 5 amide bonds. The summed E-state index contributed by atoms with van der Waals surface area (Å²) in [6, 6.07) is 11.6. The van der Waals surface area contributed by atoms with Gasteiger partial charge in [0, 0.05) is 57.0 Å². The van der Waals surface area contributed by atoms with E-state index >= 15 is 0 Å². The zero-order valence-corrected chi connectivity index (χ0v) is 33.2. The third-order valence-electron chi connectivity index (χ3n) is 12.4. The maximum Gasteiger partial charge on any atom is 0.271 e. The zero-order valence-electron chi connectivity index (χ0n) is 33.2. The molecule has 2 saturated heterocycles. The fraction of sp³-hybridized carbons (Fsp3) is 0.488. The number of ether oxygens (including phenoxy) is 3. The van der Waals surface area contributed by atoms with Crippen molar-refractivity contribution in [1.29, 1.82) is 5.26 Å². The average molecular weight is 805 g/mol. The number of imide groups is 2. The molecule has 3 aromatic rings. The number of nitrogens with zero attached hydrogens (tertiary/aromatic N) is 6. The molecule has 308 valence electrons. The zero-order chi connectivity index (χ0) is 41.2. The number of anilines is 1. The van der Waals surface area contributed by atoms with Crippen LogP contribution in [0.3, 0.4) is 0 Å². The second-order valence-corrected chi connectivity index (χ2v) is 16.2. The Hall–Kier alpha value is -6.08. The van der Waals surface area contributed by atoms with Crippen LogP contribution in [0.4, 0.5) is 5.82 Å². The average Bonchev–Trinajstić information content (AvgIpc) is 3.47. The van der Waals surface area contributed by atoms with Gasteiger partial charge in [-0.15, -0.1) is 0 Å². The third kappa shape index (κ3) is 8.56. The highest BCUT2D eigenvalue weighted by atomic mass is 16.5. The fourth-order valence-electron chi connectivity index (χ4n) is 8.83.